The summed E-state index contributed by atoms with van der Waals surface area (Å²) in [5, 5.41) is 0. The number of nitrogens with zero attached hydrogens (tertiary/aromatic N) is 2. The van der Waals surface area contributed by atoms with Crippen LogP contribution in [0.15, 0.2) is 60.2 Å². The first-order chi connectivity index (χ1) is 15.1. The molecule has 176 valence electrons. The number of rotatable bonds is 8. The van der Waals surface area contributed by atoms with Crippen LogP contribution in [0.2, 0.25) is 0 Å². The van der Waals surface area contributed by atoms with Crippen molar-refractivity contribution in [1.29, 1.82) is 0 Å². The van der Waals surface area contributed by atoms with Crippen LogP contribution in [-0.4, -0.2) is 4.70 Å². The van der Waals surface area contributed by atoms with E-state index in [0.717, 1.165) is 40.9 Å². The topological polar surface area (TPSA) is 25.3 Å². The third-order valence-electron chi connectivity index (χ3n) is 5.23. The van der Waals surface area contributed by atoms with Crippen LogP contribution >= 0.6 is 0 Å². The molecule has 0 atom stereocenters. The predicted octanol–water partition coefficient (Wildman–Crippen LogP) is 8.87. The normalized spacial score (nSPS) is 12.2. The Labute approximate surface area is 211 Å². The van der Waals surface area contributed by atoms with Crippen molar-refractivity contribution in [3.63, 3.8) is 0 Å². The molecule has 0 fully saturated rings. The second kappa shape index (κ2) is 16.8. The number of aryl methyl sites for hydroxylation is 2. The van der Waals surface area contributed by atoms with Gasteiger partial charge in [-0.15, -0.1) is 0 Å². The van der Waals surface area contributed by atoms with Crippen LogP contribution in [0.1, 0.15) is 82.6 Å². The van der Waals surface area contributed by atoms with Gasteiger partial charge in [0.15, 0.2) is 0 Å². The van der Waals surface area contributed by atoms with E-state index in [4.69, 9.17) is 0 Å². The van der Waals surface area contributed by atoms with E-state index < -0.39 is 0 Å². The van der Waals surface area contributed by atoms with E-state index in [1.54, 1.807) is 13.8 Å². The molecule has 32 heavy (non-hydrogen) atoms. The summed E-state index contributed by atoms with van der Waals surface area (Å²) in [5.41, 5.74) is 18.6. The van der Waals surface area contributed by atoms with E-state index in [2.05, 4.69) is 89.2 Å². The van der Waals surface area contributed by atoms with Gasteiger partial charge in [-0.1, -0.05) is 51.0 Å². The van der Waals surface area contributed by atoms with Crippen LogP contribution in [0.5, 0.6) is 0 Å². The summed E-state index contributed by atoms with van der Waals surface area (Å²) in [6.45, 7) is 16.5. The van der Waals surface area contributed by atoms with Crippen LogP contribution in [0, 0.1) is 13.8 Å². The van der Waals surface area contributed by atoms with E-state index in [-0.39, 0.29) is 20.4 Å². The van der Waals surface area contributed by atoms with Gasteiger partial charge in [0.1, 0.15) is 0 Å². The molecule has 0 saturated heterocycles. The molecule has 2 aromatic carbocycles. The number of hydrogen-bond donors (Lipinski definition) is 0. The van der Waals surface area contributed by atoms with Crippen molar-refractivity contribution in [2.45, 2.75) is 73.1 Å². The number of allylic oxidation sites excluding steroid dienone is 2. The first-order valence-corrected chi connectivity index (χ1v) is 11.7. The Morgan fingerprint density at radius 1 is 0.781 bits per heavy atom. The second-order valence-electron chi connectivity index (χ2n) is 7.48. The maximum Gasteiger partial charge on any atom is 2.00 e. The second-order valence-corrected chi connectivity index (χ2v) is 7.48. The fraction of sp³-hybridized carbons (Fsp3) is 0.379. The van der Waals surface area contributed by atoms with E-state index in [1.165, 1.54) is 41.5 Å². The van der Waals surface area contributed by atoms with Gasteiger partial charge in [-0.25, -0.2) is 4.70 Å². The molecule has 0 spiro atoms. The van der Waals surface area contributed by atoms with E-state index in [9.17, 15) is 5.53 Å². The van der Waals surface area contributed by atoms with Crippen molar-refractivity contribution in [2.24, 2.45) is 0 Å². The van der Waals surface area contributed by atoms with Crippen LogP contribution in [0.4, 0.5) is 0 Å². The number of benzene rings is 2. The van der Waals surface area contributed by atoms with E-state index in [1.807, 2.05) is 0 Å². The zero-order valence-electron chi connectivity index (χ0n) is 20.6. The molecule has 0 aliphatic carbocycles. The molecule has 3 heteroatoms. The Morgan fingerprint density at radius 2 is 1.25 bits per heavy atom. The minimum absolute atomic E-state index is 0. The average molecular weight is 523 g/mol. The molecule has 2 aromatic rings. The summed E-state index contributed by atoms with van der Waals surface area (Å²) in [4.78, 5) is 0. The molecule has 3 rings (SSSR count). The molecular weight excluding hydrogens is 483 g/mol. The maximum absolute atomic E-state index is 11.0. The van der Waals surface area contributed by atoms with Crippen molar-refractivity contribution in [3.05, 3.63) is 102 Å². The van der Waals surface area contributed by atoms with Crippen molar-refractivity contribution in [2.75, 3.05) is 0 Å². The summed E-state index contributed by atoms with van der Waals surface area (Å²) >= 11 is 0. The van der Waals surface area contributed by atoms with Gasteiger partial charge in [0, 0.05) is 22.8 Å². The average Bonchev–Trinajstić information content (AvgIpc) is 3.13. The van der Waals surface area contributed by atoms with Crippen molar-refractivity contribution < 1.29 is 25.1 Å². The van der Waals surface area contributed by atoms with E-state index in [0.29, 0.717) is 0 Å². The SMILES string of the molecule is CCCCc1cccc(C2=CC(C)=C(c3cccc(CCCC)c3)[N+]2=[N-])c1.[CH2-]C.[CH2-]C.[Pd+2]. The van der Waals surface area contributed by atoms with E-state index >= 15 is 0 Å². The largest absolute Gasteiger partial charge is 2.00 e. The fourth-order valence-electron chi connectivity index (χ4n) is 3.70. The molecule has 1 aliphatic rings. The maximum atomic E-state index is 11.0. The zero-order chi connectivity index (χ0) is 23.2. The Bertz CT molecular complexity index is 894. The van der Waals surface area contributed by atoms with Gasteiger partial charge in [-0.2, -0.15) is 13.8 Å². The molecule has 0 N–H and O–H groups in total. The summed E-state index contributed by atoms with van der Waals surface area (Å²) in [6.07, 6.45) is 9.03. The van der Waals surface area contributed by atoms with Crippen molar-refractivity contribution >= 4 is 11.4 Å². The third kappa shape index (κ3) is 8.27. The smallest absolute Gasteiger partial charge is 0.493 e. The molecular formula is C29H40N2Pd. The van der Waals surface area contributed by atoms with Gasteiger partial charge in [-0.3, -0.25) is 0 Å². The molecule has 0 saturated carbocycles. The van der Waals surface area contributed by atoms with Crippen molar-refractivity contribution in [1.82, 2.24) is 0 Å². The van der Waals surface area contributed by atoms with Gasteiger partial charge in [0.05, 0.1) is 0 Å². The van der Waals surface area contributed by atoms with Gasteiger partial charge in [0.2, 0.25) is 11.4 Å². The summed E-state index contributed by atoms with van der Waals surface area (Å²) < 4.78 is 1.37. The third-order valence-corrected chi connectivity index (χ3v) is 5.23. The number of hydrogen-bond acceptors (Lipinski definition) is 0. The predicted molar refractivity (Wildman–Crippen MR) is 136 cm³/mol. The van der Waals surface area contributed by atoms with Gasteiger partial charge in [0.25, 0.3) is 0 Å². The Kier molecular flexibility index (Phi) is 15.8. The van der Waals surface area contributed by atoms with Gasteiger partial charge in [-0.05, 0) is 68.0 Å². The minimum atomic E-state index is 0. The molecule has 0 bridgehead atoms. The first kappa shape index (κ1) is 30.2. The molecule has 0 radical (unpaired) electrons. The molecule has 0 unspecified atom stereocenters. The van der Waals surface area contributed by atoms with Gasteiger partial charge < -0.3 is 19.4 Å². The Balaban J connectivity index is 0.00000182. The molecule has 2 nitrogen and oxygen atoms in total. The monoisotopic (exact) mass is 522 g/mol. The molecule has 0 aromatic heterocycles. The molecule has 0 amide bonds. The number of unbranched alkanes of at least 4 members (excludes halogenated alkanes) is 2. The van der Waals surface area contributed by atoms with Crippen LogP contribution in [0.25, 0.3) is 16.9 Å². The Hall–Kier alpha value is -1.82. The quantitative estimate of drug-likeness (QED) is 0.188. The summed E-state index contributed by atoms with van der Waals surface area (Å²) in [6, 6.07) is 17.1. The fourth-order valence-corrected chi connectivity index (χ4v) is 3.70. The Morgan fingerprint density at radius 3 is 1.75 bits per heavy atom. The first-order valence-electron chi connectivity index (χ1n) is 11.7. The van der Waals surface area contributed by atoms with Crippen LogP contribution in [0.3, 0.4) is 0 Å². The molecule has 1 heterocycles. The van der Waals surface area contributed by atoms with Crippen molar-refractivity contribution in [3.8, 4) is 0 Å². The summed E-state index contributed by atoms with van der Waals surface area (Å²) in [7, 11) is 0. The zero-order valence-corrected chi connectivity index (χ0v) is 22.1. The van der Waals surface area contributed by atoms with Crippen LogP contribution < -0.4 is 0 Å². The van der Waals surface area contributed by atoms with Gasteiger partial charge >= 0.3 is 20.4 Å². The van der Waals surface area contributed by atoms with Crippen LogP contribution in [-0.2, 0) is 33.3 Å². The minimum Gasteiger partial charge on any atom is -0.493 e. The standard InChI is InChI=1S/C25H30N2.2C2H5.Pd/c1-4-6-10-20-12-8-14-22(17-20)24-16-19(3)25(27(24)26)23-15-9-13-21(18-23)11-7-5-2;2*1-2;/h8-9,12-18H,4-7,10-11H2,1-3H3;2*1H2,2H3;/q;2*-1;+2. The summed E-state index contributed by atoms with van der Waals surface area (Å²) in [5.74, 6) is 0. The molecule has 1 aliphatic heterocycles.